The summed E-state index contributed by atoms with van der Waals surface area (Å²) in [5.74, 6) is -0.0594. The largest absolute Gasteiger partial charge is 0.494 e. The monoisotopic (exact) mass is 289 g/mol. The molecule has 0 saturated heterocycles. The van der Waals surface area contributed by atoms with E-state index in [4.69, 9.17) is 16.3 Å². The van der Waals surface area contributed by atoms with Crippen LogP contribution in [0.3, 0.4) is 0 Å². The Morgan fingerprint density at radius 3 is 2.85 bits per heavy atom. The Hall–Kier alpha value is -2.00. The van der Waals surface area contributed by atoms with Crippen molar-refractivity contribution in [3.63, 3.8) is 0 Å². The van der Waals surface area contributed by atoms with Crippen LogP contribution in [0, 0.1) is 5.82 Å². The van der Waals surface area contributed by atoms with Crippen molar-refractivity contribution in [2.75, 3.05) is 7.11 Å². The molecule has 0 fully saturated rings. The van der Waals surface area contributed by atoms with Gasteiger partial charge in [-0.25, -0.2) is 4.39 Å². The number of hydrogen-bond donors (Lipinski definition) is 0. The molecule has 4 heteroatoms. The van der Waals surface area contributed by atoms with E-state index >= 15 is 0 Å². The number of halogens is 2. The van der Waals surface area contributed by atoms with Crippen molar-refractivity contribution in [3.05, 3.63) is 65.1 Å². The van der Waals surface area contributed by atoms with Crippen LogP contribution in [0.2, 0.25) is 5.02 Å². The molecule has 2 aromatic carbocycles. The first-order chi connectivity index (χ1) is 9.69. The summed E-state index contributed by atoms with van der Waals surface area (Å²) in [7, 11) is 1.47. The Morgan fingerprint density at radius 2 is 2.05 bits per heavy atom. The first-order valence-electron chi connectivity index (χ1n) is 6.25. The molecule has 0 amide bonds. The average Bonchev–Trinajstić information content (AvgIpc) is 2.83. The Bertz CT molecular complexity index is 766. The van der Waals surface area contributed by atoms with Crippen molar-refractivity contribution in [1.29, 1.82) is 0 Å². The Morgan fingerprint density at radius 1 is 1.20 bits per heavy atom. The third-order valence-corrected chi connectivity index (χ3v) is 3.57. The maximum absolute atomic E-state index is 14.2. The molecule has 3 aromatic rings. The van der Waals surface area contributed by atoms with Gasteiger partial charge < -0.3 is 9.30 Å². The molecule has 20 heavy (non-hydrogen) atoms. The molecular formula is C16H13ClFNO. The van der Waals surface area contributed by atoms with Crippen LogP contribution in [0.1, 0.15) is 5.56 Å². The van der Waals surface area contributed by atoms with Crippen LogP contribution >= 0.6 is 11.6 Å². The summed E-state index contributed by atoms with van der Waals surface area (Å²) in [6.45, 7) is 0.437. The number of hydrogen-bond acceptors (Lipinski definition) is 1. The molecule has 0 radical (unpaired) electrons. The topological polar surface area (TPSA) is 14.2 Å². The summed E-state index contributed by atoms with van der Waals surface area (Å²) >= 11 is 6.02. The van der Waals surface area contributed by atoms with E-state index in [0.29, 0.717) is 17.1 Å². The summed E-state index contributed by atoms with van der Waals surface area (Å²) in [6, 6.07) is 12.8. The highest BCUT2D eigenvalue weighted by atomic mass is 35.5. The molecule has 0 bridgehead atoms. The molecule has 0 spiro atoms. The van der Waals surface area contributed by atoms with Crippen molar-refractivity contribution in [2.45, 2.75) is 6.54 Å². The molecule has 0 unspecified atom stereocenters. The zero-order valence-corrected chi connectivity index (χ0v) is 11.7. The lowest BCUT2D eigenvalue weighted by Crippen LogP contribution is -2.02. The zero-order valence-electron chi connectivity index (χ0n) is 10.9. The van der Waals surface area contributed by atoms with E-state index in [1.54, 1.807) is 18.2 Å². The van der Waals surface area contributed by atoms with Crippen LogP contribution in [-0.2, 0) is 6.54 Å². The van der Waals surface area contributed by atoms with Crippen molar-refractivity contribution in [1.82, 2.24) is 4.57 Å². The quantitative estimate of drug-likeness (QED) is 0.693. The minimum Gasteiger partial charge on any atom is -0.494 e. The van der Waals surface area contributed by atoms with Gasteiger partial charge in [-0.1, -0.05) is 29.8 Å². The Balaban J connectivity index is 2.03. The van der Waals surface area contributed by atoms with Crippen LogP contribution < -0.4 is 4.74 Å². The van der Waals surface area contributed by atoms with Crippen LogP contribution in [0.5, 0.6) is 5.75 Å². The Kier molecular flexibility index (Phi) is 3.36. The maximum atomic E-state index is 14.2. The van der Waals surface area contributed by atoms with E-state index in [1.807, 2.05) is 35.0 Å². The van der Waals surface area contributed by atoms with Crippen molar-refractivity contribution < 1.29 is 9.13 Å². The third kappa shape index (κ3) is 2.25. The highest BCUT2D eigenvalue weighted by Crippen LogP contribution is 2.24. The van der Waals surface area contributed by atoms with Gasteiger partial charge >= 0.3 is 0 Å². The lowest BCUT2D eigenvalue weighted by atomic mass is 10.2. The van der Waals surface area contributed by atoms with Gasteiger partial charge in [0.2, 0.25) is 0 Å². The zero-order chi connectivity index (χ0) is 14.1. The fourth-order valence-electron chi connectivity index (χ4n) is 2.31. The van der Waals surface area contributed by atoms with Gasteiger partial charge in [-0.15, -0.1) is 0 Å². The number of fused-ring (bicyclic) bond motifs is 1. The van der Waals surface area contributed by atoms with Crippen LogP contribution in [-0.4, -0.2) is 11.7 Å². The highest BCUT2D eigenvalue weighted by Gasteiger charge is 2.10. The van der Waals surface area contributed by atoms with E-state index in [9.17, 15) is 4.39 Å². The number of methoxy groups -OCH3 is 1. The maximum Gasteiger partial charge on any atom is 0.170 e. The van der Waals surface area contributed by atoms with Gasteiger partial charge in [-0.05, 0) is 29.7 Å². The lowest BCUT2D eigenvalue weighted by Gasteiger charge is -2.09. The summed E-state index contributed by atoms with van der Waals surface area (Å²) in [6.07, 6.45) is 1.93. The van der Waals surface area contributed by atoms with E-state index in [2.05, 4.69) is 0 Å². The molecule has 1 aromatic heterocycles. The van der Waals surface area contributed by atoms with E-state index in [-0.39, 0.29) is 11.6 Å². The van der Waals surface area contributed by atoms with Crippen LogP contribution in [0.4, 0.5) is 4.39 Å². The molecule has 1 heterocycles. The predicted molar refractivity (Wildman–Crippen MR) is 79.0 cm³/mol. The molecule has 0 atom stereocenters. The second kappa shape index (κ2) is 5.17. The summed E-state index contributed by atoms with van der Waals surface area (Å²) in [5, 5.41) is 1.75. The normalized spacial score (nSPS) is 10.9. The fraction of sp³-hybridized carbons (Fsp3) is 0.125. The van der Waals surface area contributed by atoms with Crippen LogP contribution in [0.25, 0.3) is 10.9 Å². The summed E-state index contributed by atoms with van der Waals surface area (Å²) in [4.78, 5) is 0. The van der Waals surface area contributed by atoms with Gasteiger partial charge in [0.25, 0.3) is 0 Å². The minimum atomic E-state index is -0.320. The standard InChI is InChI=1S/C16H13ClFNO/c1-20-15-4-2-3-12(16(15)18)10-19-8-7-11-5-6-13(17)9-14(11)19/h2-9H,10H2,1H3. The van der Waals surface area contributed by atoms with Gasteiger partial charge in [-0.2, -0.15) is 0 Å². The minimum absolute atomic E-state index is 0.261. The fourth-order valence-corrected chi connectivity index (χ4v) is 2.48. The van der Waals surface area contributed by atoms with E-state index < -0.39 is 0 Å². The summed E-state index contributed by atoms with van der Waals surface area (Å²) < 4.78 is 21.2. The molecule has 3 rings (SSSR count). The molecule has 0 aliphatic heterocycles. The number of aromatic nitrogens is 1. The second-order valence-electron chi connectivity index (χ2n) is 4.58. The van der Waals surface area contributed by atoms with Crippen LogP contribution in [0.15, 0.2) is 48.7 Å². The summed E-state index contributed by atoms with van der Waals surface area (Å²) in [5.41, 5.74) is 1.57. The number of benzene rings is 2. The van der Waals surface area contributed by atoms with E-state index in [0.717, 1.165) is 10.9 Å². The van der Waals surface area contributed by atoms with Gasteiger partial charge in [0.15, 0.2) is 11.6 Å². The number of nitrogens with zero attached hydrogens (tertiary/aromatic N) is 1. The molecule has 2 nitrogen and oxygen atoms in total. The van der Waals surface area contributed by atoms with Crippen molar-refractivity contribution >= 4 is 22.5 Å². The highest BCUT2D eigenvalue weighted by molar-refractivity contribution is 6.31. The SMILES string of the molecule is COc1cccc(Cn2ccc3ccc(Cl)cc32)c1F. The average molecular weight is 290 g/mol. The lowest BCUT2D eigenvalue weighted by molar-refractivity contribution is 0.383. The predicted octanol–water partition coefficient (Wildman–Crippen LogP) is 4.49. The van der Waals surface area contributed by atoms with Gasteiger partial charge in [0, 0.05) is 22.3 Å². The second-order valence-corrected chi connectivity index (χ2v) is 5.02. The third-order valence-electron chi connectivity index (χ3n) is 3.34. The number of ether oxygens (including phenoxy) is 1. The smallest absolute Gasteiger partial charge is 0.170 e. The van der Waals surface area contributed by atoms with E-state index in [1.165, 1.54) is 7.11 Å². The molecule has 0 saturated carbocycles. The number of rotatable bonds is 3. The molecule has 102 valence electrons. The van der Waals surface area contributed by atoms with Gasteiger partial charge in [0.1, 0.15) is 0 Å². The molecule has 0 aliphatic carbocycles. The first-order valence-corrected chi connectivity index (χ1v) is 6.62. The van der Waals surface area contributed by atoms with Crippen molar-refractivity contribution in [3.8, 4) is 5.75 Å². The first kappa shape index (κ1) is 13.0. The van der Waals surface area contributed by atoms with Crippen molar-refractivity contribution in [2.24, 2.45) is 0 Å². The molecule has 0 N–H and O–H groups in total. The van der Waals surface area contributed by atoms with Gasteiger partial charge in [0.05, 0.1) is 13.7 Å². The van der Waals surface area contributed by atoms with Gasteiger partial charge in [-0.3, -0.25) is 0 Å². The molecular weight excluding hydrogens is 277 g/mol. The molecule has 0 aliphatic rings. The Labute approximate surface area is 121 Å².